The maximum atomic E-state index is 11.6. The summed E-state index contributed by atoms with van der Waals surface area (Å²) in [6.45, 7) is 0. The van der Waals surface area contributed by atoms with Gasteiger partial charge in [-0.2, -0.15) is 0 Å². The van der Waals surface area contributed by atoms with Crippen LogP contribution in [0.1, 0.15) is 25.7 Å². The van der Waals surface area contributed by atoms with Gasteiger partial charge in [0.05, 0.1) is 5.25 Å². The van der Waals surface area contributed by atoms with Gasteiger partial charge in [-0.3, -0.25) is 0 Å². The number of hydrogen-bond acceptors (Lipinski definition) is 3. The predicted molar refractivity (Wildman–Crippen MR) is 78.7 cm³/mol. The zero-order valence-corrected chi connectivity index (χ0v) is 12.8. The zero-order chi connectivity index (χ0) is 13.2. The van der Waals surface area contributed by atoms with Crippen molar-refractivity contribution in [3.8, 4) is 0 Å². The van der Waals surface area contributed by atoms with E-state index in [1.807, 2.05) is 24.3 Å². The van der Waals surface area contributed by atoms with Gasteiger partial charge in [0.25, 0.3) is 0 Å². The Morgan fingerprint density at radius 1 is 1.22 bits per heavy atom. The van der Waals surface area contributed by atoms with Gasteiger partial charge in [-0.25, -0.2) is 8.42 Å². The average molecular weight is 332 g/mol. The Balaban J connectivity index is 2.00. The van der Waals surface area contributed by atoms with E-state index in [-0.39, 0.29) is 11.3 Å². The molecule has 18 heavy (non-hydrogen) atoms. The van der Waals surface area contributed by atoms with Crippen molar-refractivity contribution in [3.63, 3.8) is 0 Å². The van der Waals surface area contributed by atoms with Crippen molar-refractivity contribution < 1.29 is 8.42 Å². The molecule has 1 N–H and O–H groups in total. The van der Waals surface area contributed by atoms with Gasteiger partial charge in [0.2, 0.25) is 0 Å². The van der Waals surface area contributed by atoms with Crippen LogP contribution in [0, 0.1) is 0 Å². The fourth-order valence-corrected chi connectivity index (χ4v) is 3.89. The lowest BCUT2D eigenvalue weighted by molar-refractivity contribution is 0.453. The number of nitrogens with one attached hydrogen (secondary N) is 1. The molecule has 3 nitrogen and oxygen atoms in total. The van der Waals surface area contributed by atoms with Gasteiger partial charge in [-0.15, -0.1) is 0 Å². The molecule has 1 aromatic rings. The highest BCUT2D eigenvalue weighted by atomic mass is 79.9. The third kappa shape index (κ3) is 3.72. The van der Waals surface area contributed by atoms with Gasteiger partial charge < -0.3 is 5.32 Å². The molecule has 1 aliphatic rings. The minimum Gasteiger partial charge on any atom is -0.382 e. The third-order valence-corrected chi connectivity index (χ3v) is 5.61. The second-order valence-electron chi connectivity index (χ2n) is 4.97. The minimum absolute atomic E-state index is 0.181. The second kappa shape index (κ2) is 5.61. The molecular formula is C13H18BrNO2S. The summed E-state index contributed by atoms with van der Waals surface area (Å²) in [6, 6.07) is 8.25. The summed E-state index contributed by atoms with van der Waals surface area (Å²) in [6.07, 6.45) is 4.89. The minimum atomic E-state index is -2.91. The van der Waals surface area contributed by atoms with Crippen LogP contribution in [0.3, 0.4) is 0 Å². The van der Waals surface area contributed by atoms with Gasteiger partial charge in [-0.1, -0.05) is 22.4 Å². The van der Waals surface area contributed by atoms with Crippen LogP contribution < -0.4 is 5.32 Å². The van der Waals surface area contributed by atoms with E-state index in [0.717, 1.165) is 35.8 Å². The normalized spacial score (nSPS) is 24.8. The lowest BCUT2D eigenvalue weighted by Gasteiger charge is -2.29. The van der Waals surface area contributed by atoms with E-state index in [2.05, 4.69) is 21.2 Å². The summed E-state index contributed by atoms with van der Waals surface area (Å²) in [7, 11) is -2.91. The van der Waals surface area contributed by atoms with E-state index < -0.39 is 9.84 Å². The Morgan fingerprint density at radius 2 is 1.89 bits per heavy atom. The monoisotopic (exact) mass is 331 g/mol. The van der Waals surface area contributed by atoms with E-state index in [1.165, 1.54) is 6.26 Å². The van der Waals surface area contributed by atoms with Gasteiger partial charge >= 0.3 is 0 Å². The standard InChI is InChI=1S/C13H18BrNO2S/c1-18(16,17)13-4-2-3-12(9-13)15-11-7-5-10(14)6-8-11/h5-8,12-13,15H,2-4,9H2,1H3. The molecule has 2 unspecified atom stereocenters. The Labute approximate surface area is 117 Å². The van der Waals surface area contributed by atoms with Gasteiger partial charge in [0.1, 0.15) is 9.84 Å². The summed E-state index contributed by atoms with van der Waals surface area (Å²) in [5, 5.41) is 3.24. The fraction of sp³-hybridized carbons (Fsp3) is 0.538. The van der Waals surface area contributed by atoms with Crippen LogP contribution in [0.4, 0.5) is 5.69 Å². The van der Waals surface area contributed by atoms with Crippen LogP contribution in [0.2, 0.25) is 0 Å². The summed E-state index contributed by atoms with van der Waals surface area (Å²) in [4.78, 5) is 0. The number of sulfone groups is 1. The van der Waals surface area contributed by atoms with Crippen molar-refractivity contribution in [2.75, 3.05) is 11.6 Å². The smallest absolute Gasteiger partial charge is 0.150 e. The molecule has 0 spiro atoms. The molecule has 1 saturated carbocycles. The first kappa shape index (κ1) is 13.9. The lowest BCUT2D eigenvalue weighted by atomic mass is 9.95. The topological polar surface area (TPSA) is 46.2 Å². The zero-order valence-electron chi connectivity index (χ0n) is 10.4. The molecule has 0 saturated heterocycles. The van der Waals surface area contributed by atoms with Crippen LogP contribution in [0.15, 0.2) is 28.7 Å². The van der Waals surface area contributed by atoms with E-state index in [9.17, 15) is 8.42 Å². The Hall–Kier alpha value is -0.550. The molecule has 100 valence electrons. The molecule has 0 aliphatic heterocycles. The van der Waals surface area contributed by atoms with Crippen LogP contribution in [0.25, 0.3) is 0 Å². The molecule has 0 amide bonds. The molecule has 1 aliphatic carbocycles. The van der Waals surface area contributed by atoms with E-state index in [1.54, 1.807) is 0 Å². The maximum absolute atomic E-state index is 11.6. The van der Waals surface area contributed by atoms with E-state index in [0.29, 0.717) is 0 Å². The SMILES string of the molecule is CS(=O)(=O)C1CCCC(Nc2ccc(Br)cc2)C1. The third-order valence-electron chi connectivity index (χ3n) is 3.45. The van der Waals surface area contributed by atoms with Crippen LogP contribution in [0.5, 0.6) is 0 Å². The first-order valence-corrected chi connectivity index (χ1v) is 8.91. The number of halogens is 1. The second-order valence-corrected chi connectivity index (χ2v) is 8.21. The Kier molecular flexibility index (Phi) is 4.33. The number of rotatable bonds is 3. The van der Waals surface area contributed by atoms with Crippen molar-refractivity contribution in [1.29, 1.82) is 0 Å². The van der Waals surface area contributed by atoms with Crippen molar-refractivity contribution in [1.82, 2.24) is 0 Å². The summed E-state index contributed by atoms with van der Waals surface area (Å²) in [5.74, 6) is 0. The number of hydrogen-bond donors (Lipinski definition) is 1. The highest BCUT2D eigenvalue weighted by molar-refractivity contribution is 9.10. The number of anilines is 1. The van der Waals surface area contributed by atoms with Crippen LogP contribution >= 0.6 is 15.9 Å². The highest BCUT2D eigenvalue weighted by Gasteiger charge is 2.28. The van der Waals surface area contributed by atoms with Crippen LogP contribution in [-0.2, 0) is 9.84 Å². The molecule has 0 aromatic heterocycles. The first-order chi connectivity index (χ1) is 8.45. The van der Waals surface area contributed by atoms with Gasteiger partial charge in [-0.05, 0) is 43.5 Å². The molecular weight excluding hydrogens is 314 g/mol. The van der Waals surface area contributed by atoms with E-state index >= 15 is 0 Å². The molecule has 5 heteroatoms. The van der Waals surface area contributed by atoms with Gasteiger partial charge in [0.15, 0.2) is 0 Å². The maximum Gasteiger partial charge on any atom is 0.150 e. The largest absolute Gasteiger partial charge is 0.382 e. The van der Waals surface area contributed by atoms with Gasteiger partial charge in [0, 0.05) is 22.5 Å². The van der Waals surface area contributed by atoms with Crippen molar-refractivity contribution in [2.45, 2.75) is 37.0 Å². The van der Waals surface area contributed by atoms with Crippen LogP contribution in [-0.4, -0.2) is 26.0 Å². The molecule has 2 rings (SSSR count). The molecule has 2 atom stereocenters. The first-order valence-electron chi connectivity index (χ1n) is 6.16. The Morgan fingerprint density at radius 3 is 2.50 bits per heavy atom. The fourth-order valence-electron chi connectivity index (χ4n) is 2.45. The lowest BCUT2D eigenvalue weighted by Crippen LogP contribution is -2.34. The Bertz CT molecular complexity index is 498. The van der Waals surface area contributed by atoms with Crippen molar-refractivity contribution in [3.05, 3.63) is 28.7 Å². The summed E-state index contributed by atoms with van der Waals surface area (Å²) >= 11 is 3.40. The van der Waals surface area contributed by atoms with E-state index in [4.69, 9.17) is 0 Å². The highest BCUT2D eigenvalue weighted by Crippen LogP contribution is 2.26. The quantitative estimate of drug-likeness (QED) is 0.924. The van der Waals surface area contributed by atoms with Crippen molar-refractivity contribution >= 4 is 31.5 Å². The molecule has 1 aromatic carbocycles. The molecule has 1 fully saturated rings. The summed E-state index contributed by atoms with van der Waals surface area (Å²) in [5.41, 5.74) is 1.05. The number of benzene rings is 1. The molecule has 0 radical (unpaired) electrons. The summed E-state index contributed by atoms with van der Waals surface area (Å²) < 4.78 is 24.2. The van der Waals surface area contributed by atoms with Crippen molar-refractivity contribution in [2.24, 2.45) is 0 Å². The molecule has 0 bridgehead atoms. The molecule has 0 heterocycles. The predicted octanol–water partition coefficient (Wildman–Crippen LogP) is 3.22. The average Bonchev–Trinajstić information content (AvgIpc) is 2.31.